The van der Waals surface area contributed by atoms with Gasteiger partial charge in [-0.1, -0.05) is 42.5 Å². The SMILES string of the molecule is CC(NC(=O)Cc1cccc2ccccc12)C1CCCNC1. The number of amides is 1. The predicted molar refractivity (Wildman–Crippen MR) is 90.9 cm³/mol. The van der Waals surface area contributed by atoms with Crippen LogP contribution in [0.5, 0.6) is 0 Å². The molecule has 0 radical (unpaired) electrons. The van der Waals surface area contributed by atoms with E-state index >= 15 is 0 Å². The number of nitrogens with one attached hydrogen (secondary N) is 2. The molecule has 2 unspecified atom stereocenters. The molecule has 1 amide bonds. The number of carbonyl (C=O) groups excluding carboxylic acids is 1. The lowest BCUT2D eigenvalue weighted by Crippen LogP contribution is -2.45. The Morgan fingerprint density at radius 1 is 1.27 bits per heavy atom. The van der Waals surface area contributed by atoms with Gasteiger partial charge >= 0.3 is 0 Å². The number of rotatable bonds is 4. The Morgan fingerprint density at radius 3 is 2.91 bits per heavy atom. The Labute approximate surface area is 132 Å². The summed E-state index contributed by atoms with van der Waals surface area (Å²) in [4.78, 5) is 12.4. The van der Waals surface area contributed by atoms with Crippen LogP contribution in [-0.4, -0.2) is 25.0 Å². The van der Waals surface area contributed by atoms with Gasteiger partial charge in [-0.15, -0.1) is 0 Å². The van der Waals surface area contributed by atoms with E-state index in [9.17, 15) is 4.79 Å². The summed E-state index contributed by atoms with van der Waals surface area (Å²) in [6, 6.07) is 14.6. The van der Waals surface area contributed by atoms with Crippen LogP contribution in [0.1, 0.15) is 25.3 Å². The van der Waals surface area contributed by atoms with Gasteiger partial charge in [0.15, 0.2) is 0 Å². The van der Waals surface area contributed by atoms with Gasteiger partial charge in [-0.25, -0.2) is 0 Å². The van der Waals surface area contributed by atoms with Crippen LogP contribution in [0.25, 0.3) is 10.8 Å². The zero-order valence-electron chi connectivity index (χ0n) is 13.1. The average molecular weight is 296 g/mol. The average Bonchev–Trinajstić information content (AvgIpc) is 2.56. The molecule has 1 fully saturated rings. The summed E-state index contributed by atoms with van der Waals surface area (Å²) in [5.74, 6) is 0.666. The molecule has 1 aliphatic heterocycles. The minimum Gasteiger partial charge on any atom is -0.353 e. The molecule has 2 aromatic rings. The van der Waals surface area contributed by atoms with Crippen molar-refractivity contribution in [1.82, 2.24) is 10.6 Å². The molecular weight excluding hydrogens is 272 g/mol. The molecule has 3 rings (SSSR count). The summed E-state index contributed by atoms with van der Waals surface area (Å²) < 4.78 is 0. The molecule has 116 valence electrons. The van der Waals surface area contributed by atoms with Gasteiger partial charge in [-0.05, 0) is 55.1 Å². The molecule has 1 aliphatic rings. The highest BCUT2D eigenvalue weighted by Crippen LogP contribution is 2.19. The summed E-state index contributed by atoms with van der Waals surface area (Å²) in [6.07, 6.45) is 2.85. The lowest BCUT2D eigenvalue weighted by atomic mass is 9.92. The molecular formula is C19H24N2O. The molecule has 0 saturated carbocycles. The van der Waals surface area contributed by atoms with E-state index in [1.807, 2.05) is 18.2 Å². The fourth-order valence-corrected chi connectivity index (χ4v) is 3.35. The Kier molecular flexibility index (Phi) is 4.74. The summed E-state index contributed by atoms with van der Waals surface area (Å²) in [6.45, 7) is 4.24. The molecule has 3 nitrogen and oxygen atoms in total. The smallest absolute Gasteiger partial charge is 0.224 e. The molecule has 1 heterocycles. The molecule has 0 aliphatic carbocycles. The lowest BCUT2D eigenvalue weighted by Gasteiger charge is -2.29. The summed E-state index contributed by atoms with van der Waals surface area (Å²) >= 11 is 0. The van der Waals surface area contributed by atoms with Crippen LogP contribution in [0.15, 0.2) is 42.5 Å². The maximum absolute atomic E-state index is 12.4. The number of hydrogen-bond acceptors (Lipinski definition) is 2. The van der Waals surface area contributed by atoms with Gasteiger partial charge in [0.1, 0.15) is 0 Å². The molecule has 0 aromatic heterocycles. The standard InChI is InChI=1S/C19H24N2O/c1-14(17-9-5-11-20-13-17)21-19(22)12-16-8-4-7-15-6-2-3-10-18(15)16/h2-4,6-8,10,14,17,20H,5,9,11-13H2,1H3,(H,21,22). The van der Waals surface area contributed by atoms with Crippen LogP contribution in [0, 0.1) is 5.92 Å². The minimum absolute atomic E-state index is 0.120. The maximum atomic E-state index is 12.4. The third-order valence-electron chi connectivity index (χ3n) is 4.66. The summed E-state index contributed by atoms with van der Waals surface area (Å²) in [5.41, 5.74) is 1.10. The monoisotopic (exact) mass is 296 g/mol. The van der Waals surface area contributed by atoms with Crippen molar-refractivity contribution in [1.29, 1.82) is 0 Å². The van der Waals surface area contributed by atoms with Crippen LogP contribution < -0.4 is 10.6 Å². The Morgan fingerprint density at radius 2 is 2.09 bits per heavy atom. The van der Waals surface area contributed by atoms with Gasteiger partial charge in [0.2, 0.25) is 5.91 Å². The van der Waals surface area contributed by atoms with Gasteiger partial charge in [0.05, 0.1) is 6.42 Å². The van der Waals surface area contributed by atoms with Gasteiger partial charge in [0.25, 0.3) is 0 Å². The fraction of sp³-hybridized carbons (Fsp3) is 0.421. The number of piperidine rings is 1. The number of benzene rings is 2. The largest absolute Gasteiger partial charge is 0.353 e. The normalized spacial score (nSPS) is 19.8. The van der Waals surface area contributed by atoms with Crippen molar-refractivity contribution < 1.29 is 4.79 Å². The van der Waals surface area contributed by atoms with Crippen LogP contribution in [0.3, 0.4) is 0 Å². The topological polar surface area (TPSA) is 41.1 Å². The van der Waals surface area contributed by atoms with Crippen LogP contribution in [-0.2, 0) is 11.2 Å². The van der Waals surface area contributed by atoms with E-state index in [1.54, 1.807) is 0 Å². The first-order valence-corrected chi connectivity index (χ1v) is 8.21. The zero-order valence-corrected chi connectivity index (χ0v) is 13.1. The molecule has 22 heavy (non-hydrogen) atoms. The van der Waals surface area contributed by atoms with Crippen molar-refractivity contribution >= 4 is 16.7 Å². The molecule has 2 N–H and O–H groups in total. The lowest BCUT2D eigenvalue weighted by molar-refractivity contribution is -0.121. The van der Waals surface area contributed by atoms with Gasteiger partial charge in [0, 0.05) is 6.04 Å². The van der Waals surface area contributed by atoms with E-state index in [0.29, 0.717) is 12.3 Å². The van der Waals surface area contributed by atoms with Crippen molar-refractivity contribution in [3.05, 3.63) is 48.0 Å². The Bertz CT molecular complexity index is 641. The highest BCUT2D eigenvalue weighted by molar-refractivity contribution is 5.90. The van der Waals surface area contributed by atoms with Crippen molar-refractivity contribution in [3.63, 3.8) is 0 Å². The predicted octanol–water partition coefficient (Wildman–Crippen LogP) is 2.89. The van der Waals surface area contributed by atoms with Crippen LogP contribution in [0.2, 0.25) is 0 Å². The summed E-state index contributed by atoms with van der Waals surface area (Å²) in [7, 11) is 0. The van der Waals surface area contributed by atoms with Crippen LogP contribution >= 0.6 is 0 Å². The van der Waals surface area contributed by atoms with E-state index in [2.05, 4.69) is 41.8 Å². The van der Waals surface area contributed by atoms with E-state index in [4.69, 9.17) is 0 Å². The highest BCUT2D eigenvalue weighted by Gasteiger charge is 2.21. The second-order valence-electron chi connectivity index (χ2n) is 6.28. The van der Waals surface area contributed by atoms with Gasteiger partial charge in [-0.2, -0.15) is 0 Å². The molecule has 2 atom stereocenters. The first-order valence-electron chi connectivity index (χ1n) is 8.21. The van der Waals surface area contributed by atoms with Gasteiger partial charge in [-0.3, -0.25) is 4.79 Å². The van der Waals surface area contributed by atoms with Crippen molar-refractivity contribution in [3.8, 4) is 0 Å². The second kappa shape index (κ2) is 6.93. The Hall–Kier alpha value is -1.87. The first kappa shape index (κ1) is 15.0. The second-order valence-corrected chi connectivity index (χ2v) is 6.28. The quantitative estimate of drug-likeness (QED) is 0.911. The fourth-order valence-electron chi connectivity index (χ4n) is 3.35. The number of hydrogen-bond donors (Lipinski definition) is 2. The minimum atomic E-state index is 0.120. The van der Waals surface area contributed by atoms with Gasteiger partial charge < -0.3 is 10.6 Å². The number of carbonyl (C=O) groups is 1. The highest BCUT2D eigenvalue weighted by atomic mass is 16.1. The third-order valence-corrected chi connectivity index (χ3v) is 4.66. The van der Waals surface area contributed by atoms with E-state index in [0.717, 1.165) is 18.7 Å². The Balaban J connectivity index is 1.65. The van der Waals surface area contributed by atoms with E-state index < -0.39 is 0 Å². The molecule has 0 spiro atoms. The maximum Gasteiger partial charge on any atom is 0.224 e. The third kappa shape index (κ3) is 3.47. The van der Waals surface area contributed by atoms with Crippen LogP contribution in [0.4, 0.5) is 0 Å². The molecule has 0 bridgehead atoms. The molecule has 3 heteroatoms. The first-order chi connectivity index (χ1) is 10.7. The van der Waals surface area contributed by atoms with Crippen molar-refractivity contribution in [2.45, 2.75) is 32.2 Å². The molecule has 2 aromatic carbocycles. The van der Waals surface area contributed by atoms with Crippen molar-refractivity contribution in [2.75, 3.05) is 13.1 Å². The van der Waals surface area contributed by atoms with E-state index in [-0.39, 0.29) is 11.9 Å². The molecule has 1 saturated heterocycles. The zero-order chi connectivity index (χ0) is 15.4. The van der Waals surface area contributed by atoms with Crippen molar-refractivity contribution in [2.24, 2.45) is 5.92 Å². The summed E-state index contributed by atoms with van der Waals surface area (Å²) in [5, 5.41) is 8.96. The number of fused-ring (bicyclic) bond motifs is 1. The van der Waals surface area contributed by atoms with E-state index in [1.165, 1.54) is 23.6 Å².